The van der Waals surface area contributed by atoms with Crippen LogP contribution < -0.4 is 5.32 Å². The molecule has 0 radical (unpaired) electrons. The van der Waals surface area contributed by atoms with Crippen molar-refractivity contribution in [3.8, 4) is 0 Å². The molecule has 0 saturated carbocycles. The Morgan fingerprint density at radius 2 is 1.87 bits per heavy atom. The predicted octanol–water partition coefficient (Wildman–Crippen LogP) is 4.71. The maximum Gasteiger partial charge on any atom is 0.332 e. The van der Waals surface area contributed by atoms with E-state index in [2.05, 4.69) is 10.2 Å². The number of carbonyl (C=O) groups is 2. The lowest BCUT2D eigenvalue weighted by Crippen LogP contribution is -2.30. The van der Waals surface area contributed by atoms with Gasteiger partial charge in [-0.3, -0.25) is 4.79 Å². The second kappa shape index (κ2) is 9.10. The van der Waals surface area contributed by atoms with Crippen molar-refractivity contribution in [2.45, 2.75) is 51.7 Å². The highest BCUT2D eigenvalue weighted by atomic mass is 16.6. The molecule has 2 aromatic rings. The van der Waals surface area contributed by atoms with E-state index in [9.17, 15) is 9.59 Å². The number of rotatable bonds is 5. The first-order chi connectivity index (χ1) is 14.2. The molecule has 1 aliphatic rings. The third-order valence-corrected chi connectivity index (χ3v) is 4.76. The Kier molecular flexibility index (Phi) is 6.53. The van der Waals surface area contributed by atoms with Crippen LogP contribution in [0.2, 0.25) is 0 Å². The number of esters is 1. The molecule has 0 saturated heterocycles. The number of hydrogen-bond acceptors (Lipinski definition) is 4. The second-order valence-corrected chi connectivity index (χ2v) is 8.36. The average Bonchev–Trinajstić information content (AvgIpc) is 2.71. The van der Waals surface area contributed by atoms with Gasteiger partial charge < -0.3 is 14.8 Å². The second-order valence-electron chi connectivity index (χ2n) is 8.36. The van der Waals surface area contributed by atoms with Crippen LogP contribution in [0, 0.1) is 6.57 Å². The van der Waals surface area contributed by atoms with E-state index in [1.54, 1.807) is 30.3 Å². The fraction of sp³-hybridized carbons (Fsp3) is 0.375. The summed E-state index contributed by atoms with van der Waals surface area (Å²) in [6.45, 7) is 12.4. The van der Waals surface area contributed by atoms with E-state index >= 15 is 0 Å². The fourth-order valence-corrected chi connectivity index (χ4v) is 3.38. The molecule has 0 aromatic heterocycles. The molecule has 6 heteroatoms. The van der Waals surface area contributed by atoms with Crippen LogP contribution in [-0.2, 0) is 27.1 Å². The first-order valence-corrected chi connectivity index (χ1v) is 9.97. The van der Waals surface area contributed by atoms with Gasteiger partial charge in [-0.15, -0.1) is 0 Å². The average molecular weight is 406 g/mol. The number of nitrogens with one attached hydrogen (secondary N) is 1. The van der Waals surface area contributed by atoms with Crippen LogP contribution in [0.3, 0.4) is 0 Å². The van der Waals surface area contributed by atoms with Crippen molar-refractivity contribution in [3.63, 3.8) is 0 Å². The van der Waals surface area contributed by atoms with Gasteiger partial charge in [0.1, 0.15) is 12.2 Å². The van der Waals surface area contributed by atoms with E-state index in [0.717, 1.165) is 24.0 Å². The van der Waals surface area contributed by atoms with Crippen molar-refractivity contribution in [2.75, 3.05) is 11.9 Å². The Hall–Kier alpha value is -3.17. The minimum atomic E-state index is -0.518. The lowest BCUT2D eigenvalue weighted by atomic mass is 9.88. The maximum atomic E-state index is 12.6. The summed E-state index contributed by atoms with van der Waals surface area (Å²) >= 11 is 0. The van der Waals surface area contributed by atoms with Gasteiger partial charge in [-0.25, -0.2) is 9.64 Å². The summed E-state index contributed by atoms with van der Waals surface area (Å²) in [6.07, 6.45) is 2.25. The Morgan fingerprint density at radius 1 is 1.13 bits per heavy atom. The maximum absolute atomic E-state index is 12.6. The number of aryl methyl sites for hydroxylation is 1. The highest BCUT2D eigenvalue weighted by Gasteiger charge is 2.23. The van der Waals surface area contributed by atoms with Gasteiger partial charge in [0.05, 0.1) is 12.7 Å². The van der Waals surface area contributed by atoms with Gasteiger partial charge in [0, 0.05) is 11.3 Å². The van der Waals surface area contributed by atoms with E-state index in [1.807, 2.05) is 32.9 Å². The van der Waals surface area contributed by atoms with E-state index in [4.69, 9.17) is 16.0 Å². The number of amides is 1. The van der Waals surface area contributed by atoms with Crippen molar-refractivity contribution in [3.05, 3.63) is 70.6 Å². The molecular weight excluding hydrogens is 380 g/mol. The first kappa shape index (κ1) is 21.5. The minimum Gasteiger partial charge on any atom is -0.458 e. The van der Waals surface area contributed by atoms with Crippen molar-refractivity contribution in [1.82, 2.24) is 0 Å². The standard InChI is InChI=1S/C24H26N2O4/c1-24(2,3)30-22(27)15-29-21-12-7-16-13-18(6-5-17(16)14-21)23(28)26-20-10-8-19(25-4)9-11-20/h5-6,8-11,13,21H,7,12,14-15H2,1-3H3,(H,26,28). The number of hydrogen-bond donors (Lipinski definition) is 1. The topological polar surface area (TPSA) is 69.0 Å². The van der Waals surface area contributed by atoms with E-state index in [-0.39, 0.29) is 24.6 Å². The van der Waals surface area contributed by atoms with Crippen molar-refractivity contribution in [2.24, 2.45) is 0 Å². The molecule has 1 N–H and O–H groups in total. The lowest BCUT2D eigenvalue weighted by molar-refractivity contribution is -0.162. The number of benzene rings is 2. The third-order valence-electron chi connectivity index (χ3n) is 4.76. The monoisotopic (exact) mass is 406 g/mol. The summed E-state index contributed by atoms with van der Waals surface area (Å²) in [5, 5.41) is 2.86. The molecule has 0 bridgehead atoms. The quantitative estimate of drug-likeness (QED) is 0.577. The molecule has 2 aromatic carbocycles. The van der Waals surface area contributed by atoms with Gasteiger partial charge in [0.15, 0.2) is 5.69 Å². The third kappa shape index (κ3) is 5.91. The number of nitrogens with zero attached hydrogens (tertiary/aromatic N) is 1. The zero-order valence-corrected chi connectivity index (χ0v) is 17.5. The molecule has 1 amide bonds. The van der Waals surface area contributed by atoms with Crippen LogP contribution in [0.1, 0.15) is 48.7 Å². The van der Waals surface area contributed by atoms with Crippen LogP contribution >= 0.6 is 0 Å². The number of carbonyl (C=O) groups excluding carboxylic acids is 2. The molecule has 30 heavy (non-hydrogen) atoms. The van der Waals surface area contributed by atoms with E-state index in [1.165, 1.54) is 0 Å². The predicted molar refractivity (Wildman–Crippen MR) is 115 cm³/mol. The SMILES string of the molecule is [C-]#[N+]c1ccc(NC(=O)c2ccc3c(c2)CCC(OCC(=O)OC(C)(C)C)C3)cc1. The first-order valence-electron chi connectivity index (χ1n) is 9.97. The van der Waals surface area contributed by atoms with Crippen LogP contribution in [-0.4, -0.2) is 30.2 Å². The summed E-state index contributed by atoms with van der Waals surface area (Å²) in [6, 6.07) is 12.5. The number of fused-ring (bicyclic) bond motifs is 1. The molecular formula is C24H26N2O4. The smallest absolute Gasteiger partial charge is 0.332 e. The summed E-state index contributed by atoms with van der Waals surface area (Å²) in [7, 11) is 0. The van der Waals surface area contributed by atoms with E-state index in [0.29, 0.717) is 23.4 Å². The highest BCUT2D eigenvalue weighted by molar-refractivity contribution is 6.04. The molecule has 1 atom stereocenters. The Bertz CT molecular complexity index is 968. The summed E-state index contributed by atoms with van der Waals surface area (Å²) in [5.74, 6) is -0.540. The molecule has 0 spiro atoms. The Morgan fingerprint density at radius 3 is 2.53 bits per heavy atom. The molecule has 1 aliphatic carbocycles. The molecule has 0 aliphatic heterocycles. The van der Waals surface area contributed by atoms with Gasteiger partial charge in [0.2, 0.25) is 0 Å². The summed E-state index contributed by atoms with van der Waals surface area (Å²) < 4.78 is 11.0. The zero-order valence-electron chi connectivity index (χ0n) is 17.5. The van der Waals surface area contributed by atoms with Crippen LogP contribution in [0.4, 0.5) is 11.4 Å². The van der Waals surface area contributed by atoms with Crippen LogP contribution in [0.5, 0.6) is 0 Å². The minimum absolute atomic E-state index is 0.0364. The normalized spacial score (nSPS) is 15.6. The van der Waals surface area contributed by atoms with Gasteiger partial charge in [-0.1, -0.05) is 18.2 Å². The highest BCUT2D eigenvalue weighted by Crippen LogP contribution is 2.25. The summed E-state index contributed by atoms with van der Waals surface area (Å²) in [5.41, 5.74) is 3.52. The van der Waals surface area contributed by atoms with Gasteiger partial charge in [-0.05, 0) is 75.4 Å². The Balaban J connectivity index is 1.57. The molecule has 156 valence electrons. The molecule has 6 nitrogen and oxygen atoms in total. The Labute approximate surface area is 177 Å². The fourth-order valence-electron chi connectivity index (χ4n) is 3.38. The van der Waals surface area contributed by atoms with Crippen molar-refractivity contribution in [1.29, 1.82) is 0 Å². The number of ether oxygens (including phenoxy) is 2. The van der Waals surface area contributed by atoms with Crippen molar-refractivity contribution >= 4 is 23.3 Å². The zero-order chi connectivity index (χ0) is 21.7. The summed E-state index contributed by atoms with van der Waals surface area (Å²) in [4.78, 5) is 27.8. The molecule has 0 fully saturated rings. The molecule has 0 heterocycles. The van der Waals surface area contributed by atoms with Gasteiger partial charge in [-0.2, -0.15) is 0 Å². The molecule has 3 rings (SSSR count). The van der Waals surface area contributed by atoms with Gasteiger partial charge >= 0.3 is 5.97 Å². The van der Waals surface area contributed by atoms with Crippen LogP contribution in [0.25, 0.3) is 4.85 Å². The van der Waals surface area contributed by atoms with E-state index < -0.39 is 5.60 Å². The van der Waals surface area contributed by atoms with Crippen LogP contribution in [0.15, 0.2) is 42.5 Å². The largest absolute Gasteiger partial charge is 0.458 e. The lowest BCUT2D eigenvalue weighted by Gasteiger charge is -2.26. The van der Waals surface area contributed by atoms with Gasteiger partial charge in [0.25, 0.3) is 5.91 Å². The molecule has 1 unspecified atom stereocenters. The van der Waals surface area contributed by atoms with Crippen molar-refractivity contribution < 1.29 is 19.1 Å². The number of anilines is 1.